The van der Waals surface area contributed by atoms with E-state index in [9.17, 15) is 5.53 Å². The Hall–Kier alpha value is -2.25. The monoisotopic (exact) mass is 739 g/mol. The van der Waals surface area contributed by atoms with Crippen LogP contribution in [-0.2, 0) is 29.3 Å². The zero-order valence-electron chi connectivity index (χ0n) is 34.0. The first-order chi connectivity index (χ1) is 24.5. The third-order valence-corrected chi connectivity index (χ3v) is 9.40. The van der Waals surface area contributed by atoms with Gasteiger partial charge in [-0.2, -0.15) is 12.8 Å². The Morgan fingerprint density at radius 1 is 0.569 bits per heavy atom. The minimum atomic E-state index is 0. The molecule has 1 aliphatic rings. The van der Waals surface area contributed by atoms with E-state index in [1.165, 1.54) is 130 Å². The normalized spacial score (nSPS) is 12.5. The second kappa shape index (κ2) is 32.4. The van der Waals surface area contributed by atoms with E-state index in [2.05, 4.69) is 116 Å². The summed E-state index contributed by atoms with van der Waals surface area (Å²) in [6, 6.07) is 17.7. The van der Waals surface area contributed by atoms with Crippen molar-refractivity contribution in [3.05, 3.63) is 113 Å². The first-order valence-electron chi connectivity index (χ1n) is 20.9. The zero-order valence-corrected chi connectivity index (χ0v) is 34.9. The van der Waals surface area contributed by atoms with E-state index in [4.69, 9.17) is 0 Å². The van der Waals surface area contributed by atoms with Gasteiger partial charge in [0.15, 0.2) is 0 Å². The molecule has 0 amide bonds. The molecule has 0 spiro atoms. The molecule has 0 saturated heterocycles. The summed E-state index contributed by atoms with van der Waals surface area (Å²) in [6.07, 6.45) is 31.7. The van der Waals surface area contributed by atoms with Crippen molar-refractivity contribution in [3.63, 3.8) is 0 Å². The van der Waals surface area contributed by atoms with E-state index in [0.29, 0.717) is 0 Å². The van der Waals surface area contributed by atoms with E-state index in [0.717, 1.165) is 61.0 Å². The minimum absolute atomic E-state index is 0. The largest absolute Gasteiger partial charge is 2.00 e. The van der Waals surface area contributed by atoms with Gasteiger partial charge in [0.1, 0.15) is 0 Å². The van der Waals surface area contributed by atoms with Crippen LogP contribution in [0.5, 0.6) is 0 Å². The van der Waals surface area contributed by atoms with Crippen molar-refractivity contribution in [2.75, 3.05) is 0 Å². The first-order valence-corrected chi connectivity index (χ1v) is 20.9. The molecule has 3 heteroatoms. The van der Waals surface area contributed by atoms with Gasteiger partial charge >= 0.3 is 16.5 Å². The van der Waals surface area contributed by atoms with Crippen LogP contribution in [-0.4, -0.2) is 4.70 Å². The van der Waals surface area contributed by atoms with Crippen LogP contribution in [0.2, 0.25) is 0 Å². The number of hydrogen-bond donors (Lipinski definition) is 0. The fourth-order valence-electron chi connectivity index (χ4n) is 6.20. The summed E-state index contributed by atoms with van der Waals surface area (Å²) in [5.74, 6) is 0. The van der Waals surface area contributed by atoms with Gasteiger partial charge in [0.25, 0.3) is 0 Å². The maximum Gasteiger partial charge on any atom is 2.00 e. The molecular formula is C48H76N2Ni. The molecule has 2 nitrogen and oxygen atoms in total. The van der Waals surface area contributed by atoms with E-state index >= 15 is 0 Å². The van der Waals surface area contributed by atoms with Gasteiger partial charge in [0.05, 0.1) is 5.57 Å². The Bertz CT molecular complexity index is 1260. The molecule has 1 aliphatic heterocycles. The molecule has 3 rings (SSSR count). The Morgan fingerprint density at radius 3 is 1.43 bits per heavy atom. The average molecular weight is 740 g/mol. The van der Waals surface area contributed by atoms with E-state index in [-0.39, 0.29) is 16.5 Å². The van der Waals surface area contributed by atoms with Gasteiger partial charge in [-0.05, 0) is 80.3 Å². The van der Waals surface area contributed by atoms with Gasteiger partial charge in [-0.15, -0.1) is 0 Å². The Balaban J connectivity index is 0.00000251. The van der Waals surface area contributed by atoms with Crippen LogP contribution in [0.15, 0.2) is 71.8 Å². The Morgan fingerprint density at radius 2 is 1.00 bits per heavy atom. The number of rotatable bonds is 23. The van der Waals surface area contributed by atoms with E-state index in [1.54, 1.807) is 0 Å². The maximum absolute atomic E-state index is 11.8. The summed E-state index contributed by atoms with van der Waals surface area (Å²) in [5.41, 5.74) is 21.0. The summed E-state index contributed by atoms with van der Waals surface area (Å²) in [6.45, 7) is 20.4. The molecule has 1 heterocycles. The van der Waals surface area contributed by atoms with Gasteiger partial charge in [-0.25, -0.2) is 4.70 Å². The van der Waals surface area contributed by atoms with Crippen molar-refractivity contribution in [1.82, 2.24) is 0 Å². The molecule has 0 N–H and O–H groups in total. The summed E-state index contributed by atoms with van der Waals surface area (Å²) in [7, 11) is 0. The molecule has 51 heavy (non-hydrogen) atoms. The molecule has 0 unspecified atom stereocenters. The molecule has 0 bridgehead atoms. The second-order valence-electron chi connectivity index (χ2n) is 13.9. The van der Waals surface area contributed by atoms with Crippen LogP contribution >= 0.6 is 0 Å². The van der Waals surface area contributed by atoms with Crippen LogP contribution in [0.3, 0.4) is 0 Å². The summed E-state index contributed by atoms with van der Waals surface area (Å²) >= 11 is 0. The molecule has 0 radical (unpaired) electrons. The molecule has 2 aromatic carbocycles. The second-order valence-corrected chi connectivity index (χ2v) is 13.9. The summed E-state index contributed by atoms with van der Waals surface area (Å²) in [4.78, 5) is 0. The van der Waals surface area contributed by atoms with Crippen molar-refractivity contribution in [2.24, 2.45) is 0 Å². The van der Waals surface area contributed by atoms with Gasteiger partial charge in [0, 0.05) is 16.7 Å². The topological polar surface area (TPSA) is 25.3 Å². The standard InChI is InChI=1S/C40H58N2.2C4H9.Ni/c1-5-9-12-13-14-15-16-17-18-19-20-21-30-38-37(8-4)39(35-28-22-26-33(31-35)24-10-6-2)42(41)40(38)36-29-23-27-34(32-36)25-11-7-3;2*1-3-4-2;/h21-23,26-32H,5-20,24-25H2,1-4H3;2*1,3-4H2,2H3;/q;2*-1;+2. The van der Waals surface area contributed by atoms with Crippen LogP contribution in [0, 0.1) is 13.8 Å². The fraction of sp³-hybridized carbons (Fsp3) is 0.583. The molecule has 0 aliphatic carbocycles. The molecular weight excluding hydrogens is 663 g/mol. The van der Waals surface area contributed by atoms with Crippen molar-refractivity contribution >= 4 is 11.4 Å². The van der Waals surface area contributed by atoms with Crippen molar-refractivity contribution in [2.45, 2.75) is 183 Å². The Labute approximate surface area is 327 Å². The van der Waals surface area contributed by atoms with Crippen molar-refractivity contribution in [3.8, 4) is 0 Å². The quantitative estimate of drug-likeness (QED) is 0.0469. The van der Waals surface area contributed by atoms with Gasteiger partial charge in [0.2, 0.25) is 11.4 Å². The van der Waals surface area contributed by atoms with Crippen LogP contribution in [0.1, 0.15) is 192 Å². The molecule has 288 valence electrons. The SMILES string of the molecule is CCCCCCCCCCCCC=CC1=C(c2cccc(CCCC)c2)[N+](=[N-])C(c2cccc(CCCC)c2)=C1CC.[CH2-]CCC.[CH2-]CCC.[Ni+2]. The van der Waals surface area contributed by atoms with Crippen molar-refractivity contribution in [1.29, 1.82) is 0 Å². The first kappa shape index (κ1) is 48.8. The number of nitrogens with zero attached hydrogens (tertiary/aromatic N) is 2. The van der Waals surface area contributed by atoms with E-state index < -0.39 is 0 Å². The zero-order chi connectivity index (χ0) is 36.8. The van der Waals surface area contributed by atoms with Crippen LogP contribution < -0.4 is 0 Å². The van der Waals surface area contributed by atoms with E-state index in [1.807, 2.05) is 0 Å². The third kappa shape index (κ3) is 19.4. The summed E-state index contributed by atoms with van der Waals surface area (Å²) < 4.78 is 1.50. The number of benzene rings is 2. The number of allylic oxidation sites excluding steroid dienone is 4. The third-order valence-electron chi connectivity index (χ3n) is 9.40. The molecule has 0 saturated carbocycles. The van der Waals surface area contributed by atoms with Gasteiger partial charge in [-0.1, -0.05) is 161 Å². The smallest absolute Gasteiger partial charge is 0.493 e. The van der Waals surface area contributed by atoms with Crippen LogP contribution in [0.4, 0.5) is 0 Å². The number of aryl methyl sites for hydroxylation is 2. The molecule has 0 aromatic heterocycles. The number of unbranched alkanes of at least 4 members (excludes halogenated alkanes) is 14. The Kier molecular flexibility index (Phi) is 31.0. The minimum Gasteiger partial charge on any atom is -0.493 e. The van der Waals surface area contributed by atoms with Gasteiger partial charge < -0.3 is 19.4 Å². The predicted molar refractivity (Wildman–Crippen MR) is 224 cm³/mol. The van der Waals surface area contributed by atoms with Crippen LogP contribution in [0.25, 0.3) is 16.9 Å². The number of hydrogen-bond acceptors (Lipinski definition) is 0. The average Bonchev–Trinajstić information content (AvgIpc) is 3.44. The molecule has 0 atom stereocenters. The molecule has 2 aromatic rings. The molecule has 0 fully saturated rings. The fourth-order valence-corrected chi connectivity index (χ4v) is 6.20. The maximum atomic E-state index is 11.8. The predicted octanol–water partition coefficient (Wildman–Crippen LogP) is 16.1. The van der Waals surface area contributed by atoms with Gasteiger partial charge in [-0.3, -0.25) is 0 Å². The van der Waals surface area contributed by atoms with Crippen molar-refractivity contribution < 1.29 is 21.2 Å². The summed E-state index contributed by atoms with van der Waals surface area (Å²) in [5, 5.41) is 0.